The van der Waals surface area contributed by atoms with Crippen LogP contribution >= 0.6 is 0 Å². The van der Waals surface area contributed by atoms with Gasteiger partial charge in [0.15, 0.2) is 6.29 Å². The van der Waals surface area contributed by atoms with Crippen molar-refractivity contribution in [1.29, 1.82) is 0 Å². The van der Waals surface area contributed by atoms with Gasteiger partial charge in [0.05, 0.1) is 184 Å². The second-order valence-electron chi connectivity index (χ2n) is 35.8. The lowest BCUT2D eigenvalue weighted by atomic mass is 9.65. The van der Waals surface area contributed by atoms with Crippen molar-refractivity contribution in [3.63, 3.8) is 0 Å². The largest absolute Gasteiger partial charge is 0.481 e. The first-order valence-corrected chi connectivity index (χ1v) is 44.1. The summed E-state index contributed by atoms with van der Waals surface area (Å²) in [6.45, 7) is 26.2. The number of hydrogen-bond acceptors (Lipinski definition) is 22. The molecule has 0 spiro atoms. The number of ether oxygens (including phenoxy) is 15. The predicted octanol–water partition coefficient (Wildman–Crippen LogP) is 11.1. The third-order valence-corrected chi connectivity index (χ3v) is 30.9. The molecule has 16 saturated heterocycles. The van der Waals surface area contributed by atoms with Gasteiger partial charge in [-0.05, 0) is 128 Å². The minimum Gasteiger partial charge on any atom is -0.481 e. The Morgan fingerprint density at radius 3 is 1.13 bits per heavy atom. The summed E-state index contributed by atoms with van der Waals surface area (Å²) in [6, 6.07) is 0. The van der Waals surface area contributed by atoms with Gasteiger partial charge in [0.1, 0.15) is 5.60 Å². The highest BCUT2D eigenvalue weighted by Crippen LogP contribution is 2.63. The van der Waals surface area contributed by atoms with Gasteiger partial charge >= 0.3 is 41.8 Å². The van der Waals surface area contributed by atoms with Crippen molar-refractivity contribution >= 4 is 41.8 Å². The highest BCUT2D eigenvalue weighted by molar-refractivity contribution is 5.84. The Balaban J connectivity index is 0.000000124. The molecule has 0 radical (unpaired) electrons. The average molecular weight is 1600 g/mol. The maximum Gasteiger partial charge on any atom is 0.313 e. The minimum absolute atomic E-state index is 0.0172. The second-order valence-corrected chi connectivity index (χ2v) is 35.8. The van der Waals surface area contributed by atoms with Crippen LogP contribution in [-0.2, 0) is 105 Å². The van der Waals surface area contributed by atoms with Gasteiger partial charge in [0.25, 0.3) is 0 Å². The van der Waals surface area contributed by atoms with Gasteiger partial charge in [-0.15, -0.1) is 0 Å². The zero-order valence-electron chi connectivity index (χ0n) is 69.2. The molecule has 16 aliphatic heterocycles. The fourth-order valence-corrected chi connectivity index (χ4v) is 26.1. The number of aliphatic carboxylic acids is 5. The van der Waals surface area contributed by atoms with E-state index in [1.807, 2.05) is 27.7 Å². The summed E-state index contributed by atoms with van der Waals surface area (Å²) in [7, 11) is 2.92. The van der Waals surface area contributed by atoms with E-state index in [1.54, 1.807) is 7.11 Å². The van der Waals surface area contributed by atoms with Crippen LogP contribution in [0.4, 0.5) is 0 Å². The van der Waals surface area contributed by atoms with Crippen LogP contribution in [0.2, 0.25) is 0 Å². The van der Waals surface area contributed by atoms with E-state index in [2.05, 4.69) is 55.4 Å². The minimum atomic E-state index is -0.980. The first kappa shape index (κ1) is 86.6. The first-order chi connectivity index (χ1) is 54.3. The van der Waals surface area contributed by atoms with Crippen molar-refractivity contribution < 1.29 is 130 Å². The van der Waals surface area contributed by atoms with E-state index in [4.69, 9.17) is 71.1 Å². The highest BCUT2D eigenvalue weighted by Gasteiger charge is 2.73. The third-order valence-electron chi connectivity index (χ3n) is 30.9. The second kappa shape index (κ2) is 36.4. The lowest BCUT2D eigenvalue weighted by Crippen LogP contribution is -2.50. The average Bonchev–Trinajstić information content (AvgIpc) is 1.56. The molecule has 1 saturated carbocycles. The zero-order chi connectivity index (χ0) is 81.1. The number of carbonyl (C=O) groups is 7. The van der Waals surface area contributed by atoms with E-state index in [-0.39, 0.29) is 170 Å². The monoisotopic (exact) mass is 1600 g/mol. The molecule has 41 unspecified atom stereocenters. The molecule has 0 aromatic heterocycles. The molecule has 27 nitrogen and oxygen atoms in total. The molecule has 0 aromatic rings. The van der Waals surface area contributed by atoms with Gasteiger partial charge in [0.2, 0.25) is 0 Å². The van der Waals surface area contributed by atoms with Crippen LogP contribution in [-0.4, -0.2) is 235 Å². The Bertz CT molecular complexity index is 3270. The fraction of sp³-hybridized carbons (Fsp3) is 0.919. The molecule has 5 N–H and O–H groups in total. The smallest absolute Gasteiger partial charge is 0.313 e. The summed E-state index contributed by atoms with van der Waals surface area (Å²) in [6.07, 6.45) is 18.3. The molecule has 10 bridgehead atoms. The van der Waals surface area contributed by atoms with Gasteiger partial charge in [-0.1, -0.05) is 83.1 Å². The van der Waals surface area contributed by atoms with Crippen molar-refractivity contribution in [1.82, 2.24) is 0 Å². The molecule has 17 rings (SSSR count). The molecule has 640 valence electrons. The molecular weight excluding hydrogens is 1460 g/mol. The molecule has 113 heavy (non-hydrogen) atoms. The molecule has 41 atom stereocenters. The van der Waals surface area contributed by atoms with Crippen molar-refractivity contribution in [3.8, 4) is 0 Å². The van der Waals surface area contributed by atoms with Gasteiger partial charge < -0.3 is 96.6 Å². The number of methoxy groups -OCH3 is 2. The quantitative estimate of drug-likeness (QED) is 0.0502. The molecule has 1 aliphatic carbocycles. The summed E-state index contributed by atoms with van der Waals surface area (Å²) >= 11 is 0. The van der Waals surface area contributed by atoms with Gasteiger partial charge in [-0.3, -0.25) is 33.6 Å². The standard InChI is InChI=1S/C21H32O6.C20H32O6.C15H22O6.C15H24O5.C15H24O4/c1-4-11-13-14(12(5-2)25-11)18-16(15(19(22)23)17(13)26-18)20(24)27-21(6-3)9-7-8-10-21;1-3-12-18-15-9-11(20(26-15)19(18)13(4-2)24-12)14(10-16(21)22)25-17-7-5-6-8-23-17;1-4-6-8-9(7(5-2)20-6)13-11(15(18)19-3)10(14(16)17)12(8)21-13;1-4-8-11-12(9(5-2)19-8)14-10(15(16)17)7(6-18-3)13(11)20-14;1-4-9-12-11-6-8(7(3)15(16)17)14(19-11)13(12)10(5-2)18-9/h11-18H,4-10H2,1-3H3,(H,22,23);11-15,17-20H,3-10H2,1-2H3,(H,21,22);6-13H,4-5H2,1-3H3,(H,16,17);7-14H,4-6H2,1-3H3,(H,16,17);7-14H,4-6H2,1-3H3,(H,16,17). The number of carboxylic acid groups (broad SMARTS) is 5. The number of fused-ring (bicyclic) bond motifs is 25. The van der Waals surface area contributed by atoms with E-state index in [0.29, 0.717) is 48.9 Å². The summed E-state index contributed by atoms with van der Waals surface area (Å²) < 4.78 is 89.6. The van der Waals surface area contributed by atoms with E-state index >= 15 is 0 Å². The van der Waals surface area contributed by atoms with Crippen molar-refractivity contribution in [2.24, 2.45) is 112 Å². The van der Waals surface area contributed by atoms with E-state index in [1.165, 1.54) is 7.11 Å². The number of esters is 2. The van der Waals surface area contributed by atoms with Crippen molar-refractivity contribution in [2.45, 2.75) is 358 Å². The van der Waals surface area contributed by atoms with E-state index in [0.717, 1.165) is 128 Å². The van der Waals surface area contributed by atoms with Crippen LogP contribution in [0, 0.1) is 112 Å². The predicted molar refractivity (Wildman–Crippen MR) is 403 cm³/mol. The Morgan fingerprint density at radius 1 is 0.407 bits per heavy atom. The van der Waals surface area contributed by atoms with Crippen LogP contribution in [0.5, 0.6) is 0 Å². The normalized spacial score (nSPS) is 47.0. The van der Waals surface area contributed by atoms with Gasteiger partial charge in [-0.2, -0.15) is 0 Å². The topological polar surface area (TPSA) is 359 Å². The van der Waals surface area contributed by atoms with Gasteiger partial charge in [0, 0.05) is 90.6 Å². The van der Waals surface area contributed by atoms with Crippen LogP contribution in [0.15, 0.2) is 0 Å². The number of hydrogen-bond donors (Lipinski definition) is 5. The number of rotatable bonds is 26. The fourth-order valence-electron chi connectivity index (χ4n) is 26.1. The lowest BCUT2D eigenvalue weighted by Gasteiger charge is -2.36. The van der Waals surface area contributed by atoms with E-state index < -0.39 is 95.4 Å². The SMILES string of the molecule is CCC1OC(CC)C2C3OC(C(C(=O)O)C3C(=O)OC)C12.CCC1OC(CC)C2C3OC(C(C(=O)O)C3C(=O)OC3(CC)CCCC3)C12.CCC1OC(CC)C2C3OC(C(COC)C3C(=O)O)C12.CCC1OC(CC)C2C3OC(CC3C(C)C(=O)O)C12.CCC1OC(CC)C2C3OC(CC3C(CC(=O)O)OC3CCCCO3)C12. The maximum atomic E-state index is 13.2. The van der Waals surface area contributed by atoms with Crippen molar-refractivity contribution in [2.75, 3.05) is 27.4 Å². The lowest BCUT2D eigenvalue weighted by molar-refractivity contribution is -0.206. The summed E-state index contributed by atoms with van der Waals surface area (Å²) in [5.41, 5.74) is -0.413. The Hall–Kier alpha value is -4.23. The summed E-state index contributed by atoms with van der Waals surface area (Å²) in [5, 5.41) is 47.7. The third kappa shape index (κ3) is 15.6. The highest BCUT2D eigenvalue weighted by atomic mass is 16.7. The molecule has 16 heterocycles. The van der Waals surface area contributed by atoms with Crippen LogP contribution in [0.3, 0.4) is 0 Å². The summed E-state index contributed by atoms with van der Waals surface area (Å²) in [4.78, 5) is 83.3. The maximum absolute atomic E-state index is 13.2. The molecule has 27 heteroatoms. The summed E-state index contributed by atoms with van der Waals surface area (Å²) in [5.74, 6) is -5.98. The van der Waals surface area contributed by atoms with Crippen molar-refractivity contribution in [3.05, 3.63) is 0 Å². The Labute approximate surface area is 666 Å². The Morgan fingerprint density at radius 2 is 0.770 bits per heavy atom. The van der Waals surface area contributed by atoms with Crippen LogP contribution in [0.25, 0.3) is 0 Å². The first-order valence-electron chi connectivity index (χ1n) is 44.1. The van der Waals surface area contributed by atoms with Crippen LogP contribution < -0.4 is 0 Å². The molecule has 0 amide bonds. The number of carboxylic acids is 5. The Kier molecular flexibility index (Phi) is 27.9. The molecule has 0 aromatic carbocycles. The van der Waals surface area contributed by atoms with Crippen LogP contribution in [0.1, 0.15) is 218 Å². The molecule has 17 fully saturated rings. The molecular formula is C86H134O27. The van der Waals surface area contributed by atoms with Gasteiger partial charge in [-0.25, -0.2) is 0 Å². The zero-order valence-corrected chi connectivity index (χ0v) is 69.2. The molecule has 17 aliphatic rings. The van der Waals surface area contributed by atoms with E-state index in [9.17, 15) is 59.1 Å². The number of carbonyl (C=O) groups excluding carboxylic acids is 2.